The lowest BCUT2D eigenvalue weighted by atomic mass is 9.86. The second-order valence-electron chi connectivity index (χ2n) is 8.97. The van der Waals surface area contributed by atoms with Crippen LogP contribution in [0.4, 0.5) is 30.5 Å². The molecule has 0 aliphatic carbocycles. The van der Waals surface area contributed by atoms with Gasteiger partial charge in [-0.1, -0.05) is 19.6 Å². The molecule has 1 aliphatic rings. The molecule has 0 unspecified atom stereocenters. The van der Waals surface area contributed by atoms with Gasteiger partial charge >= 0.3 is 6.18 Å². The SMILES string of the molecule is C=C(Nc1ncccc1N1CCC(N)(CC)CC1)c1nc(-c2ncccc2CC(F)(F)F)cnc1N. The van der Waals surface area contributed by atoms with Crippen molar-refractivity contribution in [3.8, 4) is 11.4 Å². The maximum absolute atomic E-state index is 13.1. The van der Waals surface area contributed by atoms with Crippen LogP contribution in [0.2, 0.25) is 0 Å². The lowest BCUT2D eigenvalue weighted by Gasteiger charge is -2.40. The topological polar surface area (TPSA) is 119 Å². The van der Waals surface area contributed by atoms with Crippen molar-refractivity contribution in [2.24, 2.45) is 5.73 Å². The van der Waals surface area contributed by atoms with Gasteiger partial charge in [0.2, 0.25) is 0 Å². The number of nitrogen functional groups attached to an aromatic ring is 1. The molecule has 0 spiro atoms. The normalized spacial score (nSPS) is 15.5. The van der Waals surface area contributed by atoms with Crippen LogP contribution in [0.3, 0.4) is 0 Å². The Labute approximate surface area is 207 Å². The van der Waals surface area contributed by atoms with E-state index in [2.05, 4.69) is 43.7 Å². The third-order valence-electron chi connectivity index (χ3n) is 6.47. The smallest absolute Gasteiger partial charge is 0.382 e. The Balaban J connectivity index is 1.59. The number of piperidine rings is 1. The second kappa shape index (κ2) is 10.1. The van der Waals surface area contributed by atoms with Gasteiger partial charge in [0.25, 0.3) is 0 Å². The van der Waals surface area contributed by atoms with E-state index in [9.17, 15) is 13.2 Å². The third-order valence-corrected chi connectivity index (χ3v) is 6.47. The summed E-state index contributed by atoms with van der Waals surface area (Å²) in [4.78, 5) is 19.4. The minimum atomic E-state index is -4.39. The van der Waals surface area contributed by atoms with Crippen molar-refractivity contribution in [2.75, 3.05) is 29.0 Å². The summed E-state index contributed by atoms with van der Waals surface area (Å²) in [7, 11) is 0. The average molecular weight is 499 g/mol. The fraction of sp³-hybridized carbons (Fsp3) is 0.360. The van der Waals surface area contributed by atoms with Gasteiger partial charge in [0, 0.05) is 31.0 Å². The van der Waals surface area contributed by atoms with Crippen molar-refractivity contribution in [1.82, 2.24) is 19.9 Å². The maximum atomic E-state index is 13.1. The number of nitrogens with zero attached hydrogens (tertiary/aromatic N) is 5. The highest BCUT2D eigenvalue weighted by molar-refractivity contribution is 5.82. The molecule has 36 heavy (non-hydrogen) atoms. The Bertz CT molecular complexity index is 1240. The Kier molecular flexibility index (Phi) is 7.11. The number of halogens is 3. The lowest BCUT2D eigenvalue weighted by molar-refractivity contribution is -0.127. The molecule has 0 saturated carbocycles. The van der Waals surface area contributed by atoms with Gasteiger partial charge in [0.05, 0.1) is 29.7 Å². The van der Waals surface area contributed by atoms with E-state index in [4.69, 9.17) is 11.5 Å². The molecular formula is C25H29F3N8. The van der Waals surface area contributed by atoms with Gasteiger partial charge in [-0.15, -0.1) is 0 Å². The van der Waals surface area contributed by atoms with Gasteiger partial charge in [-0.3, -0.25) is 4.98 Å². The summed E-state index contributed by atoms with van der Waals surface area (Å²) in [5.41, 5.74) is 14.0. The summed E-state index contributed by atoms with van der Waals surface area (Å²) in [6, 6.07) is 6.63. The van der Waals surface area contributed by atoms with E-state index >= 15 is 0 Å². The molecule has 0 bridgehead atoms. The van der Waals surface area contributed by atoms with Crippen LogP contribution in [0.15, 0.2) is 49.4 Å². The molecule has 0 radical (unpaired) electrons. The summed E-state index contributed by atoms with van der Waals surface area (Å²) in [6.45, 7) is 7.73. The number of hydrogen-bond acceptors (Lipinski definition) is 8. The predicted molar refractivity (Wildman–Crippen MR) is 135 cm³/mol. The zero-order valence-electron chi connectivity index (χ0n) is 20.0. The van der Waals surface area contributed by atoms with Crippen molar-refractivity contribution in [3.05, 3.63) is 60.7 Å². The summed E-state index contributed by atoms with van der Waals surface area (Å²) in [5, 5.41) is 3.17. The van der Waals surface area contributed by atoms with Crippen LogP contribution in [-0.2, 0) is 6.42 Å². The number of anilines is 3. The second-order valence-corrected chi connectivity index (χ2v) is 8.97. The molecular weight excluding hydrogens is 469 g/mol. The number of rotatable bonds is 7. The highest BCUT2D eigenvalue weighted by Gasteiger charge is 2.31. The van der Waals surface area contributed by atoms with Gasteiger partial charge in [-0.25, -0.2) is 15.0 Å². The van der Waals surface area contributed by atoms with Crippen molar-refractivity contribution >= 4 is 23.0 Å². The van der Waals surface area contributed by atoms with Crippen LogP contribution in [0.1, 0.15) is 37.4 Å². The van der Waals surface area contributed by atoms with E-state index in [-0.39, 0.29) is 34.0 Å². The molecule has 3 aromatic heterocycles. The first kappa shape index (κ1) is 25.4. The Morgan fingerprint density at radius 1 is 1.14 bits per heavy atom. The Morgan fingerprint density at radius 3 is 2.53 bits per heavy atom. The first-order valence-electron chi connectivity index (χ1n) is 11.7. The highest BCUT2D eigenvalue weighted by Crippen LogP contribution is 2.33. The average Bonchev–Trinajstić information content (AvgIpc) is 2.85. The molecule has 190 valence electrons. The number of hydrogen-bond donors (Lipinski definition) is 3. The number of nitrogens with one attached hydrogen (secondary N) is 1. The Hall–Kier alpha value is -3.73. The fourth-order valence-corrected chi connectivity index (χ4v) is 4.26. The van der Waals surface area contributed by atoms with Crippen LogP contribution in [0.5, 0.6) is 0 Å². The van der Waals surface area contributed by atoms with Crippen LogP contribution in [0.25, 0.3) is 17.1 Å². The summed E-state index contributed by atoms with van der Waals surface area (Å²) in [5.74, 6) is 0.640. The fourth-order valence-electron chi connectivity index (χ4n) is 4.26. The minimum Gasteiger partial charge on any atom is -0.382 e. The zero-order valence-corrected chi connectivity index (χ0v) is 20.0. The monoisotopic (exact) mass is 498 g/mol. The quantitative estimate of drug-likeness (QED) is 0.438. The van der Waals surface area contributed by atoms with Gasteiger partial charge in [0.15, 0.2) is 11.6 Å². The zero-order chi connectivity index (χ0) is 25.9. The van der Waals surface area contributed by atoms with Gasteiger partial charge in [-0.05, 0) is 43.0 Å². The molecule has 0 atom stereocenters. The summed E-state index contributed by atoms with van der Waals surface area (Å²) < 4.78 is 39.2. The first-order chi connectivity index (χ1) is 17.1. The number of pyridine rings is 2. The van der Waals surface area contributed by atoms with E-state index in [0.717, 1.165) is 38.0 Å². The van der Waals surface area contributed by atoms with E-state index in [1.807, 2.05) is 12.1 Å². The van der Waals surface area contributed by atoms with Crippen molar-refractivity contribution in [3.63, 3.8) is 0 Å². The van der Waals surface area contributed by atoms with Crippen molar-refractivity contribution in [1.29, 1.82) is 0 Å². The van der Waals surface area contributed by atoms with Gasteiger partial charge in [-0.2, -0.15) is 13.2 Å². The number of nitrogens with two attached hydrogens (primary N) is 2. The van der Waals surface area contributed by atoms with Crippen LogP contribution in [0, 0.1) is 0 Å². The molecule has 3 aromatic rings. The van der Waals surface area contributed by atoms with Crippen LogP contribution >= 0.6 is 0 Å². The van der Waals surface area contributed by atoms with Crippen LogP contribution < -0.4 is 21.7 Å². The molecule has 0 aromatic carbocycles. The molecule has 1 fully saturated rings. The maximum Gasteiger partial charge on any atom is 0.393 e. The van der Waals surface area contributed by atoms with Crippen LogP contribution in [-0.4, -0.2) is 44.7 Å². The van der Waals surface area contributed by atoms with E-state index in [0.29, 0.717) is 11.5 Å². The highest BCUT2D eigenvalue weighted by atomic mass is 19.4. The molecule has 1 saturated heterocycles. The number of aromatic nitrogens is 4. The van der Waals surface area contributed by atoms with E-state index < -0.39 is 12.6 Å². The summed E-state index contributed by atoms with van der Waals surface area (Å²) in [6.07, 6.45) is 1.50. The molecule has 1 aliphatic heterocycles. The molecule has 4 heterocycles. The summed E-state index contributed by atoms with van der Waals surface area (Å²) >= 11 is 0. The first-order valence-corrected chi connectivity index (χ1v) is 11.7. The predicted octanol–water partition coefficient (Wildman–Crippen LogP) is 4.41. The van der Waals surface area contributed by atoms with Crippen molar-refractivity contribution < 1.29 is 13.2 Å². The van der Waals surface area contributed by atoms with E-state index in [1.54, 1.807) is 6.20 Å². The molecule has 0 amide bonds. The largest absolute Gasteiger partial charge is 0.393 e. The molecule has 5 N–H and O–H groups in total. The standard InChI is InChI=1S/C25H29F3N8/c1-3-24(30)8-12-36(13-9-24)19-7-5-11-32-23(19)34-16(2)20-22(29)33-15-18(35-20)21-17(6-4-10-31-21)14-25(26,27)28/h4-7,10-11,15H,2-3,8-9,12-14,30H2,1H3,(H2,29,33)(H,32,34). The molecule has 11 heteroatoms. The Morgan fingerprint density at radius 2 is 1.83 bits per heavy atom. The van der Waals surface area contributed by atoms with Crippen molar-refractivity contribution in [2.45, 2.75) is 44.3 Å². The molecule has 4 rings (SSSR count). The lowest BCUT2D eigenvalue weighted by Crippen LogP contribution is -2.50. The minimum absolute atomic E-state index is 0.00578. The van der Waals surface area contributed by atoms with Gasteiger partial charge < -0.3 is 21.7 Å². The van der Waals surface area contributed by atoms with E-state index in [1.165, 1.54) is 24.5 Å². The number of alkyl halides is 3. The third kappa shape index (κ3) is 5.73. The molecule has 8 nitrogen and oxygen atoms in total. The van der Waals surface area contributed by atoms with Gasteiger partial charge in [0.1, 0.15) is 11.4 Å².